The maximum atomic E-state index is 12.7. The quantitative estimate of drug-likeness (QED) is 0.240. The van der Waals surface area contributed by atoms with Crippen LogP contribution in [-0.4, -0.2) is 26.1 Å². The number of anilines is 2. The van der Waals surface area contributed by atoms with E-state index in [1.165, 1.54) is 6.08 Å². The largest absolute Gasteiger partial charge is 0.493 e. The maximum Gasteiger partial charge on any atom is 0.266 e. The minimum absolute atomic E-state index is 0.0107. The first-order valence-corrected chi connectivity index (χ1v) is 12.1. The van der Waals surface area contributed by atoms with Crippen molar-refractivity contribution >= 4 is 39.3 Å². The molecule has 0 aromatic heterocycles. The molecule has 0 saturated heterocycles. The molecule has 0 fully saturated rings. The average Bonchev–Trinajstić information content (AvgIpc) is 2.88. The number of benzene rings is 3. The number of carbonyl (C=O) groups is 1. The van der Waals surface area contributed by atoms with E-state index in [0.29, 0.717) is 29.4 Å². The van der Waals surface area contributed by atoms with Gasteiger partial charge in [0.25, 0.3) is 5.91 Å². The fourth-order valence-corrected chi connectivity index (χ4v) is 3.76. The van der Waals surface area contributed by atoms with Gasteiger partial charge in [-0.15, -0.1) is 0 Å². The zero-order valence-electron chi connectivity index (χ0n) is 20.0. The number of ether oxygens (including phenoxy) is 2. The van der Waals surface area contributed by atoms with Crippen LogP contribution in [-0.2, 0) is 11.4 Å². The summed E-state index contributed by atoms with van der Waals surface area (Å²) < 4.78 is 12.4. The first-order valence-electron chi connectivity index (χ1n) is 11.3. The van der Waals surface area contributed by atoms with E-state index >= 15 is 0 Å². The molecule has 0 saturated carbocycles. The van der Waals surface area contributed by atoms with E-state index in [9.17, 15) is 10.1 Å². The summed E-state index contributed by atoms with van der Waals surface area (Å²) in [7, 11) is 1.55. The summed E-state index contributed by atoms with van der Waals surface area (Å²) in [6, 6.07) is 22.7. The van der Waals surface area contributed by atoms with Crippen LogP contribution in [0.15, 0.2) is 76.8 Å². The predicted molar refractivity (Wildman–Crippen MR) is 144 cm³/mol. The van der Waals surface area contributed by atoms with Crippen LogP contribution in [0.2, 0.25) is 0 Å². The lowest BCUT2D eigenvalue weighted by Crippen LogP contribution is -2.21. The van der Waals surface area contributed by atoms with E-state index in [-0.39, 0.29) is 5.57 Å². The van der Waals surface area contributed by atoms with Crippen LogP contribution >= 0.6 is 15.9 Å². The second-order valence-electron chi connectivity index (χ2n) is 7.67. The minimum Gasteiger partial charge on any atom is -0.493 e. The van der Waals surface area contributed by atoms with Crippen molar-refractivity contribution in [3.05, 3.63) is 87.9 Å². The molecular formula is C28H28BrN3O3. The number of methoxy groups -OCH3 is 1. The summed E-state index contributed by atoms with van der Waals surface area (Å²) >= 11 is 3.42. The Bertz CT molecular complexity index is 1210. The van der Waals surface area contributed by atoms with Crippen LogP contribution in [0.25, 0.3) is 6.08 Å². The van der Waals surface area contributed by atoms with Gasteiger partial charge in [-0.3, -0.25) is 4.79 Å². The molecule has 3 aromatic rings. The summed E-state index contributed by atoms with van der Waals surface area (Å²) in [5.41, 5.74) is 3.37. The van der Waals surface area contributed by atoms with Crippen molar-refractivity contribution in [2.75, 3.05) is 30.4 Å². The molecule has 0 bridgehead atoms. The van der Waals surface area contributed by atoms with E-state index < -0.39 is 5.91 Å². The third-order valence-corrected chi connectivity index (χ3v) is 5.95. The molecule has 3 aromatic carbocycles. The van der Waals surface area contributed by atoms with E-state index in [1.807, 2.05) is 54.6 Å². The molecule has 0 spiro atoms. The lowest BCUT2D eigenvalue weighted by Gasteiger charge is -2.21. The molecular weight excluding hydrogens is 506 g/mol. The summed E-state index contributed by atoms with van der Waals surface area (Å²) in [5.74, 6) is 0.613. The second-order valence-corrected chi connectivity index (χ2v) is 8.58. The van der Waals surface area contributed by atoms with Crippen molar-refractivity contribution in [1.82, 2.24) is 0 Å². The molecule has 0 atom stereocenters. The lowest BCUT2D eigenvalue weighted by molar-refractivity contribution is -0.112. The number of hydrogen-bond acceptors (Lipinski definition) is 5. The molecule has 1 N–H and O–H groups in total. The van der Waals surface area contributed by atoms with E-state index in [2.05, 4.69) is 40.0 Å². The number of halogens is 1. The number of rotatable bonds is 10. The van der Waals surface area contributed by atoms with Gasteiger partial charge >= 0.3 is 0 Å². The van der Waals surface area contributed by atoms with Crippen molar-refractivity contribution in [3.63, 3.8) is 0 Å². The van der Waals surface area contributed by atoms with Crippen molar-refractivity contribution in [3.8, 4) is 17.6 Å². The molecule has 0 radical (unpaired) electrons. The molecule has 1 amide bonds. The topological polar surface area (TPSA) is 74.6 Å². The molecule has 0 aliphatic heterocycles. The van der Waals surface area contributed by atoms with Gasteiger partial charge in [0.2, 0.25) is 0 Å². The lowest BCUT2D eigenvalue weighted by atomic mass is 10.1. The van der Waals surface area contributed by atoms with Gasteiger partial charge in [0.05, 0.1) is 7.11 Å². The Labute approximate surface area is 214 Å². The number of hydrogen-bond donors (Lipinski definition) is 1. The van der Waals surface area contributed by atoms with Gasteiger partial charge in [-0.25, -0.2) is 0 Å². The Morgan fingerprint density at radius 3 is 2.31 bits per heavy atom. The van der Waals surface area contributed by atoms with Gasteiger partial charge in [-0.2, -0.15) is 5.26 Å². The first-order chi connectivity index (χ1) is 17.0. The second kappa shape index (κ2) is 12.6. The van der Waals surface area contributed by atoms with Crippen LogP contribution < -0.4 is 19.7 Å². The average molecular weight is 534 g/mol. The molecule has 7 heteroatoms. The number of amides is 1. The molecule has 0 heterocycles. The van der Waals surface area contributed by atoms with Crippen LogP contribution in [0.4, 0.5) is 11.4 Å². The minimum atomic E-state index is -0.474. The van der Waals surface area contributed by atoms with Gasteiger partial charge in [0.1, 0.15) is 18.2 Å². The summed E-state index contributed by atoms with van der Waals surface area (Å²) in [6.45, 7) is 6.39. The molecule has 180 valence electrons. The van der Waals surface area contributed by atoms with E-state index in [0.717, 1.165) is 28.8 Å². The van der Waals surface area contributed by atoms with Crippen LogP contribution in [0, 0.1) is 11.3 Å². The van der Waals surface area contributed by atoms with Crippen molar-refractivity contribution in [2.45, 2.75) is 20.5 Å². The Kier molecular flexibility index (Phi) is 9.33. The highest BCUT2D eigenvalue weighted by Crippen LogP contribution is 2.30. The SMILES string of the molecule is CCN(CC)c1ccc(NC(=O)/C(C#N)=C\c2ccc(OCc3ccc(Br)cc3)c(OC)c2)cc1. The van der Waals surface area contributed by atoms with Gasteiger partial charge in [-0.05, 0) is 79.6 Å². The fourth-order valence-electron chi connectivity index (χ4n) is 3.49. The van der Waals surface area contributed by atoms with Crippen LogP contribution in [0.3, 0.4) is 0 Å². The predicted octanol–water partition coefficient (Wildman–Crippen LogP) is 6.43. The number of nitriles is 1. The smallest absolute Gasteiger partial charge is 0.266 e. The molecule has 0 aliphatic rings. The van der Waals surface area contributed by atoms with Gasteiger partial charge in [-0.1, -0.05) is 34.1 Å². The zero-order valence-corrected chi connectivity index (χ0v) is 21.6. The highest BCUT2D eigenvalue weighted by atomic mass is 79.9. The number of nitrogens with zero attached hydrogens (tertiary/aromatic N) is 2. The molecule has 3 rings (SSSR count). The first kappa shape index (κ1) is 25.9. The molecule has 0 unspecified atom stereocenters. The standard InChI is InChI=1S/C28H28BrN3O3/c1-4-32(5-2)25-13-11-24(12-14-25)31-28(33)22(18-30)16-21-8-15-26(27(17-21)34-3)35-19-20-6-9-23(29)10-7-20/h6-17H,4-5,19H2,1-3H3,(H,31,33)/b22-16-. The molecule has 0 aliphatic carbocycles. The summed E-state index contributed by atoms with van der Waals surface area (Å²) in [6.07, 6.45) is 1.53. The Morgan fingerprint density at radius 2 is 1.71 bits per heavy atom. The van der Waals surface area contributed by atoms with E-state index in [4.69, 9.17) is 9.47 Å². The van der Waals surface area contributed by atoms with E-state index in [1.54, 1.807) is 25.3 Å². The normalized spacial score (nSPS) is 10.9. The van der Waals surface area contributed by atoms with Crippen molar-refractivity contribution in [1.29, 1.82) is 5.26 Å². The third-order valence-electron chi connectivity index (χ3n) is 5.43. The van der Waals surface area contributed by atoms with Crippen LogP contribution in [0.5, 0.6) is 11.5 Å². The Hall–Kier alpha value is -3.76. The Balaban J connectivity index is 1.70. The van der Waals surface area contributed by atoms with Crippen LogP contribution in [0.1, 0.15) is 25.0 Å². The van der Waals surface area contributed by atoms with Crippen molar-refractivity contribution in [2.24, 2.45) is 0 Å². The summed E-state index contributed by atoms with van der Waals surface area (Å²) in [4.78, 5) is 14.9. The van der Waals surface area contributed by atoms with Gasteiger partial charge < -0.3 is 19.7 Å². The number of nitrogens with one attached hydrogen (secondary N) is 1. The van der Waals surface area contributed by atoms with Crippen molar-refractivity contribution < 1.29 is 14.3 Å². The Morgan fingerprint density at radius 1 is 1.03 bits per heavy atom. The van der Waals surface area contributed by atoms with Gasteiger partial charge in [0.15, 0.2) is 11.5 Å². The maximum absolute atomic E-state index is 12.7. The molecule has 6 nitrogen and oxygen atoms in total. The highest BCUT2D eigenvalue weighted by molar-refractivity contribution is 9.10. The fraction of sp³-hybridized carbons (Fsp3) is 0.214. The zero-order chi connectivity index (χ0) is 25.2. The highest BCUT2D eigenvalue weighted by Gasteiger charge is 2.12. The monoisotopic (exact) mass is 533 g/mol. The third kappa shape index (κ3) is 7.11. The molecule has 35 heavy (non-hydrogen) atoms. The summed E-state index contributed by atoms with van der Waals surface area (Å²) in [5, 5.41) is 12.4. The number of carbonyl (C=O) groups excluding carboxylic acids is 1. The van der Waals surface area contributed by atoms with Gasteiger partial charge in [0, 0.05) is 28.9 Å².